The molecular formula is C24H27N3O4. The fraction of sp³-hybridized carbons (Fsp3) is 0.417. The summed E-state index contributed by atoms with van der Waals surface area (Å²) in [5, 5.41) is 2.94. The summed E-state index contributed by atoms with van der Waals surface area (Å²) in [6.45, 7) is 4.71. The Balaban J connectivity index is 1.42. The van der Waals surface area contributed by atoms with Crippen molar-refractivity contribution in [1.82, 2.24) is 4.90 Å². The molecule has 5 rings (SSSR count). The van der Waals surface area contributed by atoms with Gasteiger partial charge in [-0.2, -0.15) is 0 Å². The van der Waals surface area contributed by atoms with Crippen molar-refractivity contribution in [2.24, 2.45) is 0 Å². The Kier molecular flexibility index (Phi) is 5.18. The van der Waals surface area contributed by atoms with Crippen LogP contribution in [0.25, 0.3) is 0 Å². The molecule has 7 heteroatoms. The monoisotopic (exact) mass is 421 g/mol. The number of anilines is 2. The van der Waals surface area contributed by atoms with Crippen LogP contribution in [0.4, 0.5) is 11.4 Å². The Morgan fingerprint density at radius 1 is 1.06 bits per heavy atom. The molecule has 0 bridgehead atoms. The van der Waals surface area contributed by atoms with Crippen LogP contribution in [0.15, 0.2) is 36.4 Å². The van der Waals surface area contributed by atoms with Crippen molar-refractivity contribution in [2.75, 3.05) is 36.5 Å². The summed E-state index contributed by atoms with van der Waals surface area (Å²) in [4.78, 5) is 30.4. The lowest BCUT2D eigenvalue weighted by Gasteiger charge is -2.44. The number of rotatable bonds is 3. The van der Waals surface area contributed by atoms with Crippen molar-refractivity contribution in [2.45, 2.75) is 38.8 Å². The van der Waals surface area contributed by atoms with Crippen molar-refractivity contribution < 1.29 is 19.1 Å². The van der Waals surface area contributed by atoms with Gasteiger partial charge >= 0.3 is 0 Å². The van der Waals surface area contributed by atoms with Crippen LogP contribution in [-0.4, -0.2) is 49.2 Å². The molecule has 2 aromatic rings. The van der Waals surface area contributed by atoms with Crippen LogP contribution >= 0.6 is 0 Å². The first kappa shape index (κ1) is 19.7. The molecule has 31 heavy (non-hydrogen) atoms. The lowest BCUT2D eigenvalue weighted by molar-refractivity contribution is 0.0656. The topological polar surface area (TPSA) is 71.1 Å². The Morgan fingerprint density at radius 3 is 2.74 bits per heavy atom. The molecule has 7 nitrogen and oxygen atoms in total. The molecule has 1 fully saturated rings. The maximum Gasteiger partial charge on any atom is 0.257 e. The van der Waals surface area contributed by atoms with Crippen LogP contribution in [0, 0.1) is 0 Å². The second kappa shape index (κ2) is 8.13. The molecular weight excluding hydrogens is 394 g/mol. The van der Waals surface area contributed by atoms with E-state index in [1.165, 1.54) is 0 Å². The Labute approximate surface area is 181 Å². The summed E-state index contributed by atoms with van der Waals surface area (Å²) < 4.78 is 11.1. The smallest absolute Gasteiger partial charge is 0.257 e. The highest BCUT2D eigenvalue weighted by atomic mass is 16.6. The van der Waals surface area contributed by atoms with Crippen LogP contribution in [0.3, 0.4) is 0 Å². The maximum absolute atomic E-state index is 13.1. The van der Waals surface area contributed by atoms with Gasteiger partial charge in [0.15, 0.2) is 11.5 Å². The minimum atomic E-state index is -0.216. The highest BCUT2D eigenvalue weighted by Gasteiger charge is 2.37. The average molecular weight is 421 g/mol. The third-order valence-corrected chi connectivity index (χ3v) is 6.28. The summed E-state index contributed by atoms with van der Waals surface area (Å²) in [6.07, 6.45) is 4.35. The Bertz CT molecular complexity index is 1020. The number of nitrogens with zero attached hydrogens (tertiary/aromatic N) is 2. The van der Waals surface area contributed by atoms with Crippen molar-refractivity contribution in [3.8, 4) is 11.5 Å². The van der Waals surface area contributed by atoms with E-state index in [4.69, 9.17) is 9.47 Å². The zero-order valence-corrected chi connectivity index (χ0v) is 17.7. The van der Waals surface area contributed by atoms with E-state index in [1.807, 2.05) is 11.0 Å². The zero-order valence-electron chi connectivity index (χ0n) is 17.7. The Morgan fingerprint density at radius 2 is 1.90 bits per heavy atom. The third kappa shape index (κ3) is 3.58. The number of hydrogen-bond donors (Lipinski definition) is 1. The molecule has 0 spiro atoms. The minimum absolute atomic E-state index is 0.0728. The Hall–Kier alpha value is -3.22. The van der Waals surface area contributed by atoms with Gasteiger partial charge in [-0.3, -0.25) is 9.59 Å². The van der Waals surface area contributed by atoms with Crippen LogP contribution < -0.4 is 19.7 Å². The van der Waals surface area contributed by atoms with Gasteiger partial charge in [0.2, 0.25) is 0 Å². The van der Waals surface area contributed by atoms with Gasteiger partial charge in [-0.05, 0) is 56.5 Å². The van der Waals surface area contributed by atoms with Crippen LogP contribution in [0.2, 0.25) is 0 Å². The van der Waals surface area contributed by atoms with Gasteiger partial charge in [0.1, 0.15) is 19.4 Å². The van der Waals surface area contributed by atoms with Gasteiger partial charge in [0, 0.05) is 30.4 Å². The lowest BCUT2D eigenvalue weighted by Crippen LogP contribution is -2.55. The molecule has 0 aromatic heterocycles. The van der Waals surface area contributed by atoms with Gasteiger partial charge in [-0.25, -0.2) is 0 Å². The predicted molar refractivity (Wildman–Crippen MR) is 118 cm³/mol. The largest absolute Gasteiger partial charge is 0.486 e. The molecule has 0 radical (unpaired) electrons. The van der Waals surface area contributed by atoms with Gasteiger partial charge in [-0.15, -0.1) is 0 Å². The summed E-state index contributed by atoms with van der Waals surface area (Å²) in [5.74, 6) is 1.17. The molecule has 2 amide bonds. The van der Waals surface area contributed by atoms with E-state index >= 15 is 0 Å². The summed E-state index contributed by atoms with van der Waals surface area (Å²) in [5.41, 5.74) is 2.70. The number of fused-ring (bicyclic) bond motifs is 3. The highest BCUT2D eigenvalue weighted by molar-refractivity contribution is 6.08. The van der Waals surface area contributed by atoms with Crippen molar-refractivity contribution in [3.63, 3.8) is 0 Å². The first-order valence-corrected chi connectivity index (χ1v) is 11.1. The molecule has 1 N–H and O–H groups in total. The minimum Gasteiger partial charge on any atom is -0.486 e. The van der Waals surface area contributed by atoms with Gasteiger partial charge in [0.25, 0.3) is 11.8 Å². The van der Waals surface area contributed by atoms with E-state index in [1.54, 1.807) is 30.3 Å². The molecule has 0 saturated carbocycles. The molecule has 2 aromatic carbocycles. The predicted octanol–water partition coefficient (Wildman–Crippen LogP) is 3.89. The molecule has 1 saturated heterocycles. The summed E-state index contributed by atoms with van der Waals surface area (Å²) in [7, 11) is 0. The van der Waals surface area contributed by atoms with E-state index in [-0.39, 0.29) is 18.0 Å². The standard InChI is InChI=1S/C24H27N3O4/c1-2-26-19-14-16(7-9-18(19)24(29)27-11-5-3-4-6-22(26)27)23(28)25-17-8-10-20-21(15-17)31-13-12-30-20/h7-10,14-15,22H,2-6,11-13H2,1H3,(H,25,28)/t22-/m0/s1. The molecule has 3 aliphatic heterocycles. The number of ether oxygens (including phenoxy) is 2. The molecule has 1 atom stereocenters. The van der Waals surface area contributed by atoms with Crippen LogP contribution in [0.1, 0.15) is 53.3 Å². The number of carbonyl (C=O) groups is 2. The van der Waals surface area contributed by atoms with E-state index in [9.17, 15) is 9.59 Å². The van der Waals surface area contributed by atoms with Crippen molar-refractivity contribution in [1.29, 1.82) is 0 Å². The van der Waals surface area contributed by atoms with Crippen molar-refractivity contribution in [3.05, 3.63) is 47.5 Å². The fourth-order valence-corrected chi connectivity index (χ4v) is 4.76. The molecule has 0 aliphatic carbocycles. The fourth-order valence-electron chi connectivity index (χ4n) is 4.76. The maximum atomic E-state index is 13.1. The second-order valence-electron chi connectivity index (χ2n) is 8.16. The van der Waals surface area contributed by atoms with E-state index in [0.717, 1.165) is 44.5 Å². The van der Waals surface area contributed by atoms with Crippen LogP contribution in [0.5, 0.6) is 11.5 Å². The van der Waals surface area contributed by atoms with Gasteiger partial charge < -0.3 is 24.6 Å². The number of nitrogens with one attached hydrogen (secondary N) is 1. The molecule has 0 unspecified atom stereocenters. The SMILES string of the molecule is CCN1c2cc(C(=O)Nc3ccc4c(c3)OCCO4)ccc2C(=O)N2CCCCC[C@H]21. The third-order valence-electron chi connectivity index (χ3n) is 6.28. The normalized spacial score (nSPS) is 19.9. The van der Waals surface area contributed by atoms with E-state index in [2.05, 4.69) is 17.1 Å². The number of benzene rings is 2. The molecule has 162 valence electrons. The summed E-state index contributed by atoms with van der Waals surface area (Å²) in [6, 6.07) is 10.8. The lowest BCUT2D eigenvalue weighted by atomic mass is 10.0. The number of hydrogen-bond acceptors (Lipinski definition) is 5. The summed E-state index contributed by atoms with van der Waals surface area (Å²) >= 11 is 0. The van der Waals surface area contributed by atoms with Gasteiger partial charge in [-0.1, -0.05) is 6.42 Å². The van der Waals surface area contributed by atoms with Crippen molar-refractivity contribution >= 4 is 23.2 Å². The first-order chi connectivity index (χ1) is 15.2. The highest BCUT2D eigenvalue weighted by Crippen LogP contribution is 2.36. The number of carbonyl (C=O) groups excluding carboxylic acids is 2. The van der Waals surface area contributed by atoms with Gasteiger partial charge in [0.05, 0.1) is 11.3 Å². The average Bonchev–Trinajstić information content (AvgIpc) is 3.05. The quantitative estimate of drug-likeness (QED) is 0.814. The van der Waals surface area contributed by atoms with Crippen LogP contribution in [-0.2, 0) is 0 Å². The number of amides is 2. The zero-order chi connectivity index (χ0) is 21.4. The molecule has 3 aliphatic rings. The second-order valence-corrected chi connectivity index (χ2v) is 8.16. The van der Waals surface area contributed by atoms with E-state index < -0.39 is 0 Å². The molecule has 3 heterocycles. The van der Waals surface area contributed by atoms with E-state index in [0.29, 0.717) is 41.5 Å². The first-order valence-electron chi connectivity index (χ1n) is 11.1.